The first-order valence-electron chi connectivity index (χ1n) is 10.5. The molecule has 0 saturated carbocycles. The van der Waals surface area contributed by atoms with Gasteiger partial charge in [0.2, 0.25) is 0 Å². The molecule has 0 fully saturated rings. The number of hydrogen-bond acceptors (Lipinski definition) is 6. The van der Waals surface area contributed by atoms with Crippen LogP contribution in [0.25, 0.3) is 0 Å². The van der Waals surface area contributed by atoms with Crippen molar-refractivity contribution in [3.8, 4) is 0 Å². The summed E-state index contributed by atoms with van der Waals surface area (Å²) < 4.78 is 5.57. The van der Waals surface area contributed by atoms with E-state index in [4.69, 9.17) is 10.5 Å². The lowest BCUT2D eigenvalue weighted by Crippen LogP contribution is -2.50. The van der Waals surface area contributed by atoms with E-state index in [0.29, 0.717) is 21.7 Å². The van der Waals surface area contributed by atoms with Crippen molar-refractivity contribution >= 4 is 40.0 Å². The number of hydrogen-bond donors (Lipinski definition) is 2. The Morgan fingerprint density at radius 3 is 2.38 bits per heavy atom. The summed E-state index contributed by atoms with van der Waals surface area (Å²) in [5.41, 5.74) is 6.68. The number of nitrogens with zero attached hydrogens (tertiary/aromatic N) is 1. The second kappa shape index (κ2) is 8.48. The predicted octanol–water partition coefficient (Wildman–Crippen LogP) is 2.76. The fraction of sp³-hybridized carbons (Fsp3) is 0.391. The minimum atomic E-state index is -0.951. The molecule has 168 valence electrons. The Morgan fingerprint density at radius 2 is 1.75 bits per heavy atom. The van der Waals surface area contributed by atoms with Crippen molar-refractivity contribution < 1.29 is 23.9 Å². The van der Waals surface area contributed by atoms with Crippen LogP contribution in [0.3, 0.4) is 0 Å². The zero-order chi connectivity index (χ0) is 23.0. The quantitative estimate of drug-likeness (QED) is 0.622. The van der Waals surface area contributed by atoms with Crippen LogP contribution in [0.1, 0.15) is 68.2 Å². The van der Waals surface area contributed by atoms with Crippen molar-refractivity contribution in [3.63, 3.8) is 0 Å². The molecule has 4 amide bonds. The Bertz CT molecular complexity index is 1090. The number of anilines is 1. The molecule has 2 aromatic rings. The molecule has 0 radical (unpaired) electrons. The van der Waals surface area contributed by atoms with Gasteiger partial charge in [0.15, 0.2) is 0 Å². The molecule has 1 aromatic heterocycles. The highest BCUT2D eigenvalue weighted by Crippen LogP contribution is 2.38. The summed E-state index contributed by atoms with van der Waals surface area (Å²) in [7, 11) is 0. The van der Waals surface area contributed by atoms with E-state index in [9.17, 15) is 19.2 Å². The zero-order valence-electron chi connectivity index (χ0n) is 18.0. The number of nitrogens with two attached hydrogens (primary N) is 1. The maximum Gasteiger partial charge on any atom is 0.262 e. The molecule has 0 unspecified atom stereocenters. The molecule has 8 nitrogen and oxygen atoms in total. The second-order valence-electron chi connectivity index (χ2n) is 8.62. The van der Waals surface area contributed by atoms with Gasteiger partial charge in [0.25, 0.3) is 23.6 Å². The third-order valence-corrected chi connectivity index (χ3v) is 6.97. The fourth-order valence-electron chi connectivity index (χ4n) is 4.27. The number of ether oxygens (including phenoxy) is 1. The van der Waals surface area contributed by atoms with E-state index in [1.165, 1.54) is 16.2 Å². The molecule has 0 atom stereocenters. The van der Waals surface area contributed by atoms with Crippen molar-refractivity contribution in [1.82, 2.24) is 4.90 Å². The molecular weight excluding hydrogens is 430 g/mol. The van der Waals surface area contributed by atoms with E-state index in [0.717, 1.165) is 36.1 Å². The monoisotopic (exact) mass is 455 g/mol. The summed E-state index contributed by atoms with van der Waals surface area (Å²) >= 11 is 1.39. The van der Waals surface area contributed by atoms with Crippen LogP contribution >= 0.6 is 11.3 Å². The zero-order valence-corrected chi connectivity index (χ0v) is 18.8. The Balaban J connectivity index is 1.38. The number of imide groups is 1. The fourth-order valence-corrected chi connectivity index (χ4v) is 5.59. The van der Waals surface area contributed by atoms with Gasteiger partial charge in [-0.1, -0.05) is 12.1 Å². The predicted molar refractivity (Wildman–Crippen MR) is 120 cm³/mol. The summed E-state index contributed by atoms with van der Waals surface area (Å²) in [5.74, 6) is -1.73. The van der Waals surface area contributed by atoms with E-state index >= 15 is 0 Å². The minimum Gasteiger partial charge on any atom is -0.369 e. The maximum atomic E-state index is 12.7. The number of benzene rings is 1. The van der Waals surface area contributed by atoms with Crippen LogP contribution in [-0.4, -0.2) is 47.3 Å². The number of carbonyl (C=O) groups excluding carboxylic acids is 4. The average Bonchev–Trinajstić information content (AvgIpc) is 3.23. The summed E-state index contributed by atoms with van der Waals surface area (Å²) in [5, 5.41) is 3.20. The normalized spacial score (nSPS) is 15.5. The van der Waals surface area contributed by atoms with Crippen LogP contribution in [0.5, 0.6) is 0 Å². The standard InChI is InChI=1S/C23H25N3O5S/c1-23(2,26-21(29)13-7-3-4-8-14(13)22(26)30)12-31-11-17(27)25-20-18(19(24)28)15-9-5-6-10-16(15)32-20/h3-4,7-8H,5-6,9-12H2,1-2H3,(H2,24,28)(H,25,27). The lowest BCUT2D eigenvalue weighted by atomic mass is 9.95. The lowest BCUT2D eigenvalue weighted by Gasteiger charge is -2.33. The minimum absolute atomic E-state index is 0.0183. The first-order valence-corrected chi connectivity index (χ1v) is 11.3. The number of rotatable bonds is 7. The summed E-state index contributed by atoms with van der Waals surface area (Å²) in [6.07, 6.45) is 3.70. The second-order valence-corrected chi connectivity index (χ2v) is 9.73. The van der Waals surface area contributed by atoms with Crippen molar-refractivity contribution in [2.45, 2.75) is 45.1 Å². The highest BCUT2D eigenvalue weighted by molar-refractivity contribution is 7.17. The first kappa shape index (κ1) is 22.2. The highest BCUT2D eigenvalue weighted by Gasteiger charge is 2.44. The van der Waals surface area contributed by atoms with Crippen LogP contribution in [0.2, 0.25) is 0 Å². The molecule has 2 heterocycles. The largest absolute Gasteiger partial charge is 0.369 e. The van der Waals surface area contributed by atoms with E-state index in [1.54, 1.807) is 38.1 Å². The average molecular weight is 456 g/mol. The molecule has 0 spiro atoms. The third kappa shape index (κ3) is 3.93. The Morgan fingerprint density at radius 1 is 1.12 bits per heavy atom. The summed E-state index contributed by atoms with van der Waals surface area (Å²) in [6.45, 7) is 3.12. The Kier molecular flexibility index (Phi) is 5.87. The molecule has 3 N–H and O–H groups in total. The van der Waals surface area contributed by atoms with E-state index in [1.807, 2.05) is 0 Å². The molecule has 0 bridgehead atoms. The molecule has 1 aliphatic heterocycles. The van der Waals surface area contributed by atoms with Gasteiger partial charge in [-0.25, -0.2) is 0 Å². The van der Waals surface area contributed by atoms with Gasteiger partial charge < -0.3 is 15.8 Å². The van der Waals surface area contributed by atoms with Gasteiger partial charge in [-0.3, -0.25) is 24.1 Å². The van der Waals surface area contributed by atoms with E-state index < -0.39 is 17.4 Å². The van der Waals surface area contributed by atoms with E-state index in [2.05, 4.69) is 5.32 Å². The third-order valence-electron chi connectivity index (χ3n) is 5.76. The number of aryl methyl sites for hydroxylation is 1. The molecule has 32 heavy (non-hydrogen) atoms. The number of primary amides is 1. The van der Waals surface area contributed by atoms with Crippen molar-refractivity contribution in [2.24, 2.45) is 5.73 Å². The van der Waals surface area contributed by atoms with Gasteiger partial charge in [0, 0.05) is 4.88 Å². The van der Waals surface area contributed by atoms with Crippen LogP contribution in [0, 0.1) is 0 Å². The maximum absolute atomic E-state index is 12.7. The molecule has 1 aromatic carbocycles. The molecule has 9 heteroatoms. The summed E-state index contributed by atoms with van der Waals surface area (Å²) in [4.78, 5) is 52.1. The van der Waals surface area contributed by atoms with E-state index in [-0.39, 0.29) is 25.0 Å². The van der Waals surface area contributed by atoms with Crippen LogP contribution in [0.4, 0.5) is 5.00 Å². The lowest BCUT2D eigenvalue weighted by molar-refractivity contribution is -0.121. The molecular formula is C23H25N3O5S. The van der Waals surface area contributed by atoms with Gasteiger partial charge in [-0.15, -0.1) is 11.3 Å². The first-order chi connectivity index (χ1) is 15.2. The molecule has 0 saturated heterocycles. The SMILES string of the molecule is CC(C)(COCC(=O)Nc1sc2c(c1C(N)=O)CCCC2)N1C(=O)c2ccccc2C1=O. The Labute approximate surface area is 189 Å². The topological polar surface area (TPSA) is 119 Å². The number of nitrogens with one attached hydrogen (secondary N) is 1. The molecule has 1 aliphatic carbocycles. The van der Waals surface area contributed by atoms with Gasteiger partial charge in [-0.05, 0) is 57.2 Å². The molecule has 4 rings (SSSR count). The summed E-state index contributed by atoms with van der Waals surface area (Å²) in [6, 6.07) is 6.67. The van der Waals surface area contributed by atoms with Crippen molar-refractivity contribution in [3.05, 3.63) is 51.4 Å². The van der Waals surface area contributed by atoms with Crippen LogP contribution in [0.15, 0.2) is 24.3 Å². The van der Waals surface area contributed by atoms with Crippen molar-refractivity contribution in [2.75, 3.05) is 18.5 Å². The van der Waals surface area contributed by atoms with Crippen LogP contribution < -0.4 is 11.1 Å². The number of fused-ring (bicyclic) bond motifs is 2. The highest BCUT2D eigenvalue weighted by atomic mass is 32.1. The number of amides is 4. The molecule has 2 aliphatic rings. The van der Waals surface area contributed by atoms with Gasteiger partial charge in [-0.2, -0.15) is 0 Å². The van der Waals surface area contributed by atoms with Gasteiger partial charge >= 0.3 is 0 Å². The smallest absolute Gasteiger partial charge is 0.262 e. The number of carbonyl (C=O) groups is 4. The van der Waals surface area contributed by atoms with Gasteiger partial charge in [0.05, 0.1) is 28.8 Å². The Hall–Kier alpha value is -3.04. The van der Waals surface area contributed by atoms with Crippen LogP contribution in [-0.2, 0) is 22.4 Å². The van der Waals surface area contributed by atoms with Gasteiger partial charge in [0.1, 0.15) is 11.6 Å². The number of thiophene rings is 1. The van der Waals surface area contributed by atoms with Crippen molar-refractivity contribution in [1.29, 1.82) is 0 Å².